The zero-order chi connectivity index (χ0) is 14.9. The molecule has 21 heavy (non-hydrogen) atoms. The predicted octanol–water partition coefficient (Wildman–Crippen LogP) is 3.58. The smallest absolute Gasteiger partial charge is 0.126 e. The van der Waals surface area contributed by atoms with Crippen molar-refractivity contribution < 1.29 is 14.2 Å². The van der Waals surface area contributed by atoms with Crippen LogP contribution in [0, 0.1) is 0 Å². The van der Waals surface area contributed by atoms with E-state index >= 15 is 0 Å². The largest absolute Gasteiger partial charge is 0.496 e. The van der Waals surface area contributed by atoms with Crippen molar-refractivity contribution in [3.8, 4) is 17.2 Å². The topological polar surface area (TPSA) is 39.7 Å². The van der Waals surface area contributed by atoms with Gasteiger partial charge in [-0.05, 0) is 18.6 Å². The Hall–Kier alpha value is -2.36. The van der Waals surface area contributed by atoms with Crippen molar-refractivity contribution in [2.75, 3.05) is 32.7 Å². The first-order valence-electron chi connectivity index (χ1n) is 6.96. The summed E-state index contributed by atoms with van der Waals surface area (Å²) in [5.74, 6) is 2.21. The summed E-state index contributed by atoms with van der Waals surface area (Å²) in [6.45, 7) is 1.50. The number of methoxy groups -OCH3 is 2. The second-order valence-electron chi connectivity index (χ2n) is 4.54. The van der Waals surface area contributed by atoms with Crippen molar-refractivity contribution in [2.45, 2.75) is 6.42 Å². The maximum absolute atomic E-state index is 5.73. The highest BCUT2D eigenvalue weighted by atomic mass is 16.5. The standard InChI is InChI=1S/C17H21NO3/c1-19-15-11-16(20-2)13-17(12-15)21-10-6-9-18-14-7-4-3-5-8-14/h3-5,7-8,11-13,18H,6,9-10H2,1-2H3. The van der Waals surface area contributed by atoms with Gasteiger partial charge >= 0.3 is 0 Å². The molecule has 0 aliphatic carbocycles. The Bertz CT molecular complexity index is 521. The van der Waals surface area contributed by atoms with Gasteiger partial charge in [0.05, 0.1) is 20.8 Å². The van der Waals surface area contributed by atoms with Crippen LogP contribution in [0.4, 0.5) is 5.69 Å². The molecule has 2 aromatic rings. The monoisotopic (exact) mass is 287 g/mol. The average Bonchev–Trinajstić information content (AvgIpc) is 2.55. The molecule has 2 rings (SSSR count). The molecule has 1 N–H and O–H groups in total. The summed E-state index contributed by atoms with van der Waals surface area (Å²) in [6.07, 6.45) is 0.911. The quantitative estimate of drug-likeness (QED) is 0.753. The van der Waals surface area contributed by atoms with Gasteiger partial charge in [-0.1, -0.05) is 18.2 Å². The summed E-state index contributed by atoms with van der Waals surface area (Å²) >= 11 is 0. The van der Waals surface area contributed by atoms with Gasteiger partial charge in [-0.15, -0.1) is 0 Å². The summed E-state index contributed by atoms with van der Waals surface area (Å²) in [7, 11) is 3.25. The molecule has 0 aromatic heterocycles. The van der Waals surface area contributed by atoms with Crippen LogP contribution in [0.5, 0.6) is 17.2 Å². The molecule has 4 heteroatoms. The van der Waals surface area contributed by atoms with E-state index in [2.05, 4.69) is 5.32 Å². The van der Waals surface area contributed by atoms with Crippen molar-refractivity contribution in [1.29, 1.82) is 0 Å². The lowest BCUT2D eigenvalue weighted by atomic mass is 10.3. The Morgan fingerprint density at radius 3 is 2.10 bits per heavy atom. The molecule has 2 aromatic carbocycles. The fourth-order valence-electron chi connectivity index (χ4n) is 1.92. The number of rotatable bonds is 8. The summed E-state index contributed by atoms with van der Waals surface area (Å²) in [5, 5.41) is 3.35. The van der Waals surface area contributed by atoms with Gasteiger partial charge in [-0.25, -0.2) is 0 Å². The third-order valence-electron chi connectivity index (χ3n) is 3.02. The minimum atomic E-state index is 0.635. The molecule has 0 unspecified atom stereocenters. The maximum atomic E-state index is 5.73. The highest BCUT2D eigenvalue weighted by molar-refractivity contribution is 5.43. The van der Waals surface area contributed by atoms with Crippen molar-refractivity contribution in [2.24, 2.45) is 0 Å². The first-order valence-corrected chi connectivity index (χ1v) is 6.96. The van der Waals surface area contributed by atoms with Gasteiger partial charge < -0.3 is 19.5 Å². The second-order valence-corrected chi connectivity index (χ2v) is 4.54. The maximum Gasteiger partial charge on any atom is 0.126 e. The molecule has 0 aliphatic heterocycles. The molecule has 0 radical (unpaired) electrons. The van der Waals surface area contributed by atoms with E-state index in [0.717, 1.165) is 35.9 Å². The average molecular weight is 287 g/mol. The van der Waals surface area contributed by atoms with Crippen LogP contribution in [0.3, 0.4) is 0 Å². The highest BCUT2D eigenvalue weighted by Crippen LogP contribution is 2.27. The number of nitrogens with one attached hydrogen (secondary N) is 1. The number of anilines is 1. The fourth-order valence-corrected chi connectivity index (χ4v) is 1.92. The summed E-state index contributed by atoms with van der Waals surface area (Å²) < 4.78 is 16.1. The molecule has 4 nitrogen and oxygen atoms in total. The lowest BCUT2D eigenvalue weighted by Crippen LogP contribution is -2.07. The fraction of sp³-hybridized carbons (Fsp3) is 0.294. The van der Waals surface area contributed by atoms with Crippen LogP contribution in [0.15, 0.2) is 48.5 Å². The molecule has 0 saturated heterocycles. The van der Waals surface area contributed by atoms with E-state index in [1.807, 2.05) is 48.5 Å². The summed E-state index contributed by atoms with van der Waals surface area (Å²) in [5.41, 5.74) is 1.13. The Morgan fingerprint density at radius 1 is 0.857 bits per heavy atom. The van der Waals surface area contributed by atoms with Gasteiger partial charge in [-0.3, -0.25) is 0 Å². The highest BCUT2D eigenvalue weighted by Gasteiger charge is 2.02. The van der Waals surface area contributed by atoms with Crippen molar-refractivity contribution in [3.63, 3.8) is 0 Å². The number of hydrogen-bond acceptors (Lipinski definition) is 4. The van der Waals surface area contributed by atoms with E-state index in [4.69, 9.17) is 14.2 Å². The summed E-state index contributed by atoms with van der Waals surface area (Å²) in [6, 6.07) is 15.7. The number of hydrogen-bond donors (Lipinski definition) is 1. The number of benzene rings is 2. The van der Waals surface area contributed by atoms with Gasteiger partial charge in [0.2, 0.25) is 0 Å². The Kier molecular flexibility index (Phi) is 5.76. The van der Waals surface area contributed by atoms with E-state index < -0.39 is 0 Å². The predicted molar refractivity (Wildman–Crippen MR) is 84.6 cm³/mol. The molecule has 0 heterocycles. The van der Waals surface area contributed by atoms with Crippen LogP contribution in [0.25, 0.3) is 0 Å². The van der Waals surface area contributed by atoms with E-state index in [0.29, 0.717) is 6.61 Å². The molecule has 0 bridgehead atoms. The normalized spacial score (nSPS) is 10.0. The third kappa shape index (κ3) is 4.91. The zero-order valence-electron chi connectivity index (χ0n) is 12.5. The molecule has 0 aliphatic rings. The molecule has 0 saturated carbocycles. The van der Waals surface area contributed by atoms with Gasteiger partial charge in [0.15, 0.2) is 0 Å². The van der Waals surface area contributed by atoms with Crippen LogP contribution >= 0.6 is 0 Å². The van der Waals surface area contributed by atoms with Gasteiger partial charge in [0.25, 0.3) is 0 Å². The van der Waals surface area contributed by atoms with Crippen LogP contribution in [-0.4, -0.2) is 27.4 Å². The molecule has 0 fully saturated rings. The van der Waals surface area contributed by atoms with Crippen LogP contribution in [-0.2, 0) is 0 Å². The lowest BCUT2D eigenvalue weighted by Gasteiger charge is -2.11. The van der Waals surface area contributed by atoms with E-state index in [9.17, 15) is 0 Å². The minimum absolute atomic E-state index is 0.635. The minimum Gasteiger partial charge on any atom is -0.496 e. The first-order chi connectivity index (χ1) is 10.3. The number of para-hydroxylation sites is 1. The summed E-state index contributed by atoms with van der Waals surface area (Å²) in [4.78, 5) is 0. The molecular formula is C17H21NO3. The molecular weight excluding hydrogens is 266 g/mol. The molecule has 112 valence electrons. The Morgan fingerprint density at radius 2 is 1.48 bits per heavy atom. The van der Waals surface area contributed by atoms with Crippen LogP contribution in [0.1, 0.15) is 6.42 Å². The molecule has 0 atom stereocenters. The van der Waals surface area contributed by atoms with Crippen molar-refractivity contribution in [1.82, 2.24) is 0 Å². The zero-order valence-corrected chi connectivity index (χ0v) is 12.5. The Labute approximate surface area is 125 Å². The SMILES string of the molecule is COc1cc(OC)cc(OCCCNc2ccccc2)c1. The van der Waals surface area contributed by atoms with Crippen LogP contribution < -0.4 is 19.5 Å². The third-order valence-corrected chi connectivity index (χ3v) is 3.02. The van der Waals surface area contributed by atoms with Gasteiger partial charge in [0, 0.05) is 30.4 Å². The van der Waals surface area contributed by atoms with E-state index in [1.165, 1.54) is 0 Å². The number of ether oxygens (including phenoxy) is 3. The first kappa shape index (κ1) is 15.0. The van der Waals surface area contributed by atoms with E-state index in [1.54, 1.807) is 14.2 Å². The van der Waals surface area contributed by atoms with Crippen LogP contribution in [0.2, 0.25) is 0 Å². The molecule has 0 amide bonds. The van der Waals surface area contributed by atoms with Gasteiger partial charge in [0.1, 0.15) is 17.2 Å². The second kappa shape index (κ2) is 8.04. The van der Waals surface area contributed by atoms with E-state index in [-0.39, 0.29) is 0 Å². The lowest BCUT2D eigenvalue weighted by molar-refractivity contribution is 0.309. The van der Waals surface area contributed by atoms with Gasteiger partial charge in [-0.2, -0.15) is 0 Å². The molecule has 0 spiro atoms. The van der Waals surface area contributed by atoms with Crippen molar-refractivity contribution >= 4 is 5.69 Å². The Balaban J connectivity index is 1.75. The van der Waals surface area contributed by atoms with Crippen molar-refractivity contribution in [3.05, 3.63) is 48.5 Å².